The van der Waals surface area contributed by atoms with Gasteiger partial charge in [0.15, 0.2) is 0 Å². The van der Waals surface area contributed by atoms with E-state index in [9.17, 15) is 0 Å². The molecule has 0 atom stereocenters. The molecule has 86 valence electrons. The minimum absolute atomic E-state index is 0.792. The number of hydrazone groups is 1. The van der Waals surface area contributed by atoms with Crippen molar-refractivity contribution < 1.29 is 0 Å². The molecular formula is C13H24N2. The van der Waals surface area contributed by atoms with Crippen molar-refractivity contribution in [3.63, 3.8) is 0 Å². The van der Waals surface area contributed by atoms with E-state index in [0.717, 1.165) is 5.92 Å². The van der Waals surface area contributed by atoms with Gasteiger partial charge in [0.2, 0.25) is 0 Å². The molecule has 2 rings (SSSR count). The standard InChI is InChI=1S/C13H24N2/c1-12(13-8-4-2-5-9-13)14-15-10-6-3-7-11-15/h13H,2-11H2,1H3/b14-12-. The van der Waals surface area contributed by atoms with E-state index in [1.807, 2.05) is 0 Å². The highest BCUT2D eigenvalue weighted by Gasteiger charge is 2.17. The molecule has 0 spiro atoms. The van der Waals surface area contributed by atoms with Crippen molar-refractivity contribution in [2.75, 3.05) is 13.1 Å². The quantitative estimate of drug-likeness (QED) is 0.635. The van der Waals surface area contributed by atoms with Gasteiger partial charge in [0.25, 0.3) is 0 Å². The molecule has 0 aromatic heterocycles. The van der Waals surface area contributed by atoms with Gasteiger partial charge in [-0.25, -0.2) is 0 Å². The molecule has 2 fully saturated rings. The second kappa shape index (κ2) is 5.53. The van der Waals surface area contributed by atoms with Crippen LogP contribution in [0.2, 0.25) is 0 Å². The monoisotopic (exact) mass is 208 g/mol. The van der Waals surface area contributed by atoms with Gasteiger partial charge >= 0.3 is 0 Å². The first-order chi connectivity index (χ1) is 7.36. The number of hydrogen-bond acceptors (Lipinski definition) is 2. The van der Waals surface area contributed by atoms with Crippen LogP contribution in [-0.4, -0.2) is 23.8 Å². The molecule has 0 amide bonds. The Morgan fingerprint density at radius 2 is 1.53 bits per heavy atom. The van der Waals surface area contributed by atoms with Gasteiger partial charge in [0.1, 0.15) is 0 Å². The minimum atomic E-state index is 0.792. The molecule has 0 N–H and O–H groups in total. The Labute approximate surface area is 93.7 Å². The average molecular weight is 208 g/mol. The van der Waals surface area contributed by atoms with Crippen LogP contribution in [0.25, 0.3) is 0 Å². The molecule has 2 aliphatic rings. The van der Waals surface area contributed by atoms with Crippen molar-refractivity contribution in [2.24, 2.45) is 11.0 Å². The lowest BCUT2D eigenvalue weighted by Crippen LogP contribution is -2.27. The van der Waals surface area contributed by atoms with Crippen LogP contribution in [0.5, 0.6) is 0 Å². The fourth-order valence-corrected chi connectivity index (χ4v) is 2.80. The second-order valence-electron chi connectivity index (χ2n) is 5.09. The summed E-state index contributed by atoms with van der Waals surface area (Å²) in [6.45, 7) is 4.61. The highest BCUT2D eigenvalue weighted by Crippen LogP contribution is 2.25. The van der Waals surface area contributed by atoms with Crippen molar-refractivity contribution in [3.8, 4) is 0 Å². The third-order valence-electron chi connectivity index (χ3n) is 3.83. The van der Waals surface area contributed by atoms with Crippen LogP contribution in [0.15, 0.2) is 5.10 Å². The largest absolute Gasteiger partial charge is 0.297 e. The van der Waals surface area contributed by atoms with Crippen LogP contribution >= 0.6 is 0 Å². The Bertz CT molecular complexity index is 211. The maximum absolute atomic E-state index is 4.81. The Hall–Kier alpha value is -0.530. The van der Waals surface area contributed by atoms with Crippen LogP contribution in [0, 0.1) is 5.92 Å². The highest BCUT2D eigenvalue weighted by atomic mass is 15.5. The SMILES string of the molecule is C/C(=N/N1CCCCC1)C1CCCCC1. The van der Waals surface area contributed by atoms with Gasteiger partial charge in [-0.05, 0) is 44.9 Å². The van der Waals surface area contributed by atoms with Crippen molar-refractivity contribution >= 4 is 5.71 Å². The van der Waals surface area contributed by atoms with Gasteiger partial charge in [0.05, 0.1) is 0 Å². The molecule has 1 heterocycles. The first kappa shape index (κ1) is 11.0. The molecule has 15 heavy (non-hydrogen) atoms. The Balaban J connectivity index is 1.86. The normalized spacial score (nSPS) is 25.7. The lowest BCUT2D eigenvalue weighted by molar-refractivity contribution is 0.236. The number of hydrogen-bond donors (Lipinski definition) is 0. The second-order valence-corrected chi connectivity index (χ2v) is 5.09. The zero-order valence-corrected chi connectivity index (χ0v) is 10.0. The van der Waals surface area contributed by atoms with Gasteiger partial charge in [0, 0.05) is 18.8 Å². The molecule has 0 aromatic rings. The lowest BCUT2D eigenvalue weighted by Gasteiger charge is -2.27. The van der Waals surface area contributed by atoms with E-state index in [1.54, 1.807) is 0 Å². The van der Waals surface area contributed by atoms with Crippen LogP contribution in [0.4, 0.5) is 0 Å². The predicted octanol–water partition coefficient (Wildman–Crippen LogP) is 3.43. The zero-order chi connectivity index (χ0) is 10.5. The third-order valence-corrected chi connectivity index (χ3v) is 3.83. The van der Waals surface area contributed by atoms with Crippen molar-refractivity contribution in [1.82, 2.24) is 5.01 Å². The van der Waals surface area contributed by atoms with Crippen molar-refractivity contribution in [1.29, 1.82) is 0 Å². The third kappa shape index (κ3) is 3.22. The number of rotatable bonds is 2. The first-order valence-corrected chi connectivity index (χ1v) is 6.66. The summed E-state index contributed by atoms with van der Waals surface area (Å²) in [5.41, 5.74) is 1.40. The molecule has 1 saturated heterocycles. The summed E-state index contributed by atoms with van der Waals surface area (Å²) in [5, 5.41) is 7.11. The van der Waals surface area contributed by atoms with E-state index in [1.165, 1.54) is 70.2 Å². The van der Waals surface area contributed by atoms with E-state index in [4.69, 9.17) is 5.10 Å². The molecule has 2 nitrogen and oxygen atoms in total. The lowest BCUT2D eigenvalue weighted by atomic mass is 9.86. The summed E-state index contributed by atoms with van der Waals surface area (Å²) < 4.78 is 0. The van der Waals surface area contributed by atoms with Crippen molar-refractivity contribution in [3.05, 3.63) is 0 Å². The summed E-state index contributed by atoms with van der Waals surface area (Å²) >= 11 is 0. The number of piperidine rings is 1. The Morgan fingerprint density at radius 3 is 2.20 bits per heavy atom. The molecule has 1 aliphatic carbocycles. The number of nitrogens with zero attached hydrogens (tertiary/aromatic N) is 2. The topological polar surface area (TPSA) is 15.6 Å². The summed E-state index contributed by atoms with van der Waals surface area (Å²) in [6, 6.07) is 0. The van der Waals surface area contributed by atoms with E-state index in [2.05, 4.69) is 11.9 Å². The molecule has 0 unspecified atom stereocenters. The summed E-state index contributed by atoms with van der Waals surface area (Å²) in [5.74, 6) is 0.792. The average Bonchev–Trinajstić information content (AvgIpc) is 2.31. The van der Waals surface area contributed by atoms with E-state index >= 15 is 0 Å². The highest BCUT2D eigenvalue weighted by molar-refractivity contribution is 5.84. The maximum Gasteiger partial charge on any atom is 0.0380 e. The Kier molecular flexibility index (Phi) is 4.04. The smallest absolute Gasteiger partial charge is 0.0380 e. The van der Waals surface area contributed by atoms with Crippen LogP contribution in [0.3, 0.4) is 0 Å². The molecule has 1 saturated carbocycles. The van der Waals surface area contributed by atoms with Crippen LogP contribution in [-0.2, 0) is 0 Å². The summed E-state index contributed by atoms with van der Waals surface area (Å²) in [6.07, 6.45) is 11.1. The molecule has 0 aromatic carbocycles. The van der Waals surface area contributed by atoms with Crippen LogP contribution in [0.1, 0.15) is 58.3 Å². The van der Waals surface area contributed by atoms with Gasteiger partial charge in [-0.3, -0.25) is 5.01 Å². The molecule has 1 aliphatic heterocycles. The van der Waals surface area contributed by atoms with Crippen molar-refractivity contribution in [2.45, 2.75) is 58.3 Å². The van der Waals surface area contributed by atoms with Gasteiger partial charge in [-0.15, -0.1) is 0 Å². The molecular weight excluding hydrogens is 184 g/mol. The minimum Gasteiger partial charge on any atom is -0.297 e. The zero-order valence-electron chi connectivity index (χ0n) is 10.0. The molecule has 0 radical (unpaired) electrons. The summed E-state index contributed by atoms with van der Waals surface area (Å²) in [4.78, 5) is 0. The fourth-order valence-electron chi connectivity index (χ4n) is 2.80. The molecule has 2 heteroatoms. The first-order valence-electron chi connectivity index (χ1n) is 6.66. The Morgan fingerprint density at radius 1 is 0.933 bits per heavy atom. The van der Waals surface area contributed by atoms with Gasteiger partial charge in [-0.1, -0.05) is 19.3 Å². The predicted molar refractivity (Wildman–Crippen MR) is 65.1 cm³/mol. The van der Waals surface area contributed by atoms with E-state index < -0.39 is 0 Å². The fraction of sp³-hybridized carbons (Fsp3) is 0.923. The molecule has 0 bridgehead atoms. The van der Waals surface area contributed by atoms with Gasteiger partial charge in [-0.2, -0.15) is 5.10 Å². The van der Waals surface area contributed by atoms with E-state index in [-0.39, 0.29) is 0 Å². The van der Waals surface area contributed by atoms with Crippen LogP contribution < -0.4 is 0 Å². The van der Waals surface area contributed by atoms with Gasteiger partial charge < -0.3 is 0 Å². The summed E-state index contributed by atoms with van der Waals surface area (Å²) in [7, 11) is 0. The van der Waals surface area contributed by atoms with E-state index in [0.29, 0.717) is 0 Å². The maximum atomic E-state index is 4.81.